The first-order valence-electron chi connectivity index (χ1n) is 7.63. The molecule has 4 rings (SSSR count). The van der Waals surface area contributed by atoms with Gasteiger partial charge in [0.05, 0.1) is 19.0 Å². The van der Waals surface area contributed by atoms with E-state index in [-0.39, 0.29) is 18.9 Å². The largest absolute Gasteiger partial charge is 0.394 e. The second-order valence-corrected chi connectivity index (χ2v) is 6.82. The fraction of sp³-hybridized carbons (Fsp3) is 0.643. The Balaban J connectivity index is 1.67. The Morgan fingerprint density at radius 1 is 1.23 bits per heavy atom. The van der Waals surface area contributed by atoms with Crippen LogP contribution in [0.25, 0.3) is 11.2 Å². The molecule has 0 spiro atoms. The number of imidazole rings is 1. The van der Waals surface area contributed by atoms with Gasteiger partial charge in [-0.15, -0.1) is 0 Å². The monoisotopic (exact) mass is 321 g/mol. The summed E-state index contributed by atoms with van der Waals surface area (Å²) in [6.07, 6.45) is 4.95. The molecule has 2 fully saturated rings. The predicted molar refractivity (Wildman–Crippen MR) is 85.1 cm³/mol. The Hall–Kier alpha value is -1.38. The Labute approximate surface area is 132 Å². The molecular weight excluding hydrogens is 302 g/mol. The lowest BCUT2D eigenvalue weighted by atomic mass is 10.2. The van der Waals surface area contributed by atoms with Crippen molar-refractivity contribution < 1.29 is 9.84 Å². The number of thioether (sulfide) groups is 1. The number of ether oxygens (including phenoxy) is 1. The van der Waals surface area contributed by atoms with E-state index in [1.54, 1.807) is 12.7 Å². The summed E-state index contributed by atoms with van der Waals surface area (Å²) in [5, 5.41) is 9.22. The topological polar surface area (TPSA) is 76.3 Å². The van der Waals surface area contributed by atoms with Gasteiger partial charge in [0.25, 0.3) is 0 Å². The number of aliphatic hydroxyl groups excluding tert-OH is 1. The van der Waals surface area contributed by atoms with Crippen molar-refractivity contribution in [2.24, 2.45) is 0 Å². The first-order chi connectivity index (χ1) is 10.9. The second-order valence-electron chi connectivity index (χ2n) is 5.59. The van der Waals surface area contributed by atoms with Crippen LogP contribution < -0.4 is 4.90 Å². The summed E-state index contributed by atoms with van der Waals surface area (Å²) >= 11 is 1.97. The molecule has 0 radical (unpaired) electrons. The molecule has 2 aliphatic heterocycles. The van der Waals surface area contributed by atoms with E-state index < -0.39 is 0 Å². The fourth-order valence-electron chi connectivity index (χ4n) is 3.08. The highest BCUT2D eigenvalue weighted by molar-refractivity contribution is 7.99. The molecule has 2 aliphatic rings. The average Bonchev–Trinajstić information content (AvgIpc) is 3.21. The van der Waals surface area contributed by atoms with Crippen LogP contribution in [0.15, 0.2) is 12.7 Å². The zero-order chi connectivity index (χ0) is 14.9. The molecule has 0 aliphatic carbocycles. The van der Waals surface area contributed by atoms with Crippen LogP contribution in [-0.4, -0.2) is 61.9 Å². The average molecular weight is 321 g/mol. The summed E-state index contributed by atoms with van der Waals surface area (Å²) in [5.41, 5.74) is 1.65. The standard InChI is InChI=1S/C14H19N5O2S/c20-7-10-1-2-11(21-10)19-9-17-12-13(15-8-16-14(12)19)18-3-5-22-6-4-18/h8-11,20H,1-7H2. The molecule has 2 aromatic rings. The van der Waals surface area contributed by atoms with Gasteiger partial charge in [-0.3, -0.25) is 4.57 Å². The minimum atomic E-state index is -0.0955. The Kier molecular flexibility index (Phi) is 3.89. The van der Waals surface area contributed by atoms with Crippen molar-refractivity contribution in [1.29, 1.82) is 0 Å². The van der Waals surface area contributed by atoms with Crippen LogP contribution in [-0.2, 0) is 4.74 Å². The number of fused-ring (bicyclic) bond motifs is 1. The lowest BCUT2D eigenvalue weighted by molar-refractivity contribution is -0.0207. The third-order valence-electron chi connectivity index (χ3n) is 4.25. The Morgan fingerprint density at radius 2 is 2.09 bits per heavy atom. The van der Waals surface area contributed by atoms with Gasteiger partial charge < -0.3 is 14.7 Å². The molecule has 2 saturated heterocycles. The van der Waals surface area contributed by atoms with Gasteiger partial charge in [0.2, 0.25) is 0 Å². The van der Waals surface area contributed by atoms with Crippen LogP contribution in [0.5, 0.6) is 0 Å². The maximum atomic E-state index is 9.22. The summed E-state index contributed by atoms with van der Waals surface area (Å²) in [4.78, 5) is 15.7. The van der Waals surface area contributed by atoms with E-state index in [4.69, 9.17) is 4.74 Å². The van der Waals surface area contributed by atoms with Crippen molar-refractivity contribution in [3.05, 3.63) is 12.7 Å². The highest BCUT2D eigenvalue weighted by atomic mass is 32.2. The Morgan fingerprint density at radius 3 is 2.86 bits per heavy atom. The van der Waals surface area contributed by atoms with E-state index in [2.05, 4.69) is 19.9 Å². The lowest BCUT2D eigenvalue weighted by Crippen LogP contribution is -2.33. The van der Waals surface area contributed by atoms with E-state index in [0.29, 0.717) is 0 Å². The van der Waals surface area contributed by atoms with E-state index in [0.717, 1.165) is 54.4 Å². The molecule has 0 amide bonds. The van der Waals surface area contributed by atoms with Gasteiger partial charge >= 0.3 is 0 Å². The van der Waals surface area contributed by atoms with Crippen molar-refractivity contribution in [3.8, 4) is 0 Å². The molecule has 22 heavy (non-hydrogen) atoms. The molecule has 0 bridgehead atoms. The number of anilines is 1. The highest BCUT2D eigenvalue weighted by Crippen LogP contribution is 2.32. The summed E-state index contributed by atoms with van der Waals surface area (Å²) in [7, 11) is 0. The lowest BCUT2D eigenvalue weighted by Gasteiger charge is -2.27. The first-order valence-corrected chi connectivity index (χ1v) is 8.79. The number of aliphatic hydroxyl groups is 1. The van der Waals surface area contributed by atoms with Crippen molar-refractivity contribution in [3.63, 3.8) is 0 Å². The molecule has 118 valence electrons. The number of hydrogen-bond acceptors (Lipinski definition) is 7. The van der Waals surface area contributed by atoms with Gasteiger partial charge in [-0.05, 0) is 12.8 Å². The van der Waals surface area contributed by atoms with E-state index in [1.807, 2.05) is 16.3 Å². The van der Waals surface area contributed by atoms with Crippen molar-refractivity contribution in [2.45, 2.75) is 25.2 Å². The Bertz CT molecular complexity index is 658. The normalized spacial score (nSPS) is 26.0. The molecule has 8 heteroatoms. The van der Waals surface area contributed by atoms with E-state index in [9.17, 15) is 5.11 Å². The fourth-order valence-corrected chi connectivity index (χ4v) is 3.99. The molecule has 0 aromatic carbocycles. The number of aromatic nitrogens is 4. The molecule has 2 unspecified atom stereocenters. The minimum Gasteiger partial charge on any atom is -0.394 e. The summed E-state index contributed by atoms with van der Waals surface area (Å²) < 4.78 is 7.81. The maximum Gasteiger partial charge on any atom is 0.167 e. The molecule has 7 nitrogen and oxygen atoms in total. The van der Waals surface area contributed by atoms with Crippen LogP contribution in [0.4, 0.5) is 5.82 Å². The van der Waals surface area contributed by atoms with Gasteiger partial charge in [0, 0.05) is 24.6 Å². The molecule has 2 aromatic heterocycles. The van der Waals surface area contributed by atoms with Crippen LogP contribution in [0.3, 0.4) is 0 Å². The molecule has 4 heterocycles. The highest BCUT2D eigenvalue weighted by Gasteiger charge is 2.28. The van der Waals surface area contributed by atoms with Crippen LogP contribution in [0.2, 0.25) is 0 Å². The third-order valence-corrected chi connectivity index (χ3v) is 5.19. The number of nitrogens with zero attached hydrogens (tertiary/aromatic N) is 5. The first kappa shape index (κ1) is 14.2. The minimum absolute atomic E-state index is 0.0643. The predicted octanol–water partition coefficient (Wildman–Crippen LogP) is 1.05. The quantitative estimate of drug-likeness (QED) is 0.905. The summed E-state index contributed by atoms with van der Waals surface area (Å²) in [6, 6.07) is 0. The van der Waals surface area contributed by atoms with Gasteiger partial charge in [0.1, 0.15) is 12.6 Å². The molecule has 0 saturated carbocycles. The SMILES string of the molecule is OCC1CCC(n2cnc3c(N4CCSCC4)ncnc32)O1. The van der Waals surface area contributed by atoms with Crippen LogP contribution in [0, 0.1) is 0 Å². The third kappa shape index (κ3) is 2.45. The second kappa shape index (κ2) is 6.02. The molecule has 1 N–H and O–H groups in total. The zero-order valence-electron chi connectivity index (χ0n) is 12.3. The summed E-state index contributed by atoms with van der Waals surface area (Å²) in [5.74, 6) is 3.16. The van der Waals surface area contributed by atoms with Gasteiger partial charge in [0.15, 0.2) is 17.0 Å². The number of rotatable bonds is 3. The van der Waals surface area contributed by atoms with E-state index >= 15 is 0 Å². The van der Waals surface area contributed by atoms with Crippen LogP contribution >= 0.6 is 11.8 Å². The van der Waals surface area contributed by atoms with Gasteiger partial charge in [-0.25, -0.2) is 15.0 Å². The van der Waals surface area contributed by atoms with Crippen molar-refractivity contribution >= 4 is 28.7 Å². The van der Waals surface area contributed by atoms with Gasteiger partial charge in [-0.1, -0.05) is 0 Å². The van der Waals surface area contributed by atoms with Gasteiger partial charge in [-0.2, -0.15) is 11.8 Å². The van der Waals surface area contributed by atoms with E-state index in [1.165, 1.54) is 0 Å². The van der Waals surface area contributed by atoms with Crippen molar-refractivity contribution in [2.75, 3.05) is 36.1 Å². The van der Waals surface area contributed by atoms with Crippen molar-refractivity contribution in [1.82, 2.24) is 19.5 Å². The maximum absolute atomic E-state index is 9.22. The zero-order valence-corrected chi connectivity index (χ0v) is 13.1. The summed E-state index contributed by atoms with van der Waals surface area (Å²) in [6.45, 7) is 2.06. The number of hydrogen-bond donors (Lipinski definition) is 1. The molecule has 2 atom stereocenters. The van der Waals surface area contributed by atoms with Crippen LogP contribution in [0.1, 0.15) is 19.1 Å². The molecular formula is C14H19N5O2S. The smallest absolute Gasteiger partial charge is 0.167 e.